The maximum absolute atomic E-state index is 11.9. The quantitative estimate of drug-likeness (QED) is 0.677. The zero-order chi connectivity index (χ0) is 14.4. The smallest absolute Gasteiger partial charge is 0.261 e. The highest BCUT2D eigenvalue weighted by Gasteiger charge is 2.19. The van der Waals surface area contributed by atoms with Gasteiger partial charge in [0.2, 0.25) is 0 Å². The summed E-state index contributed by atoms with van der Waals surface area (Å²) in [5, 5.41) is 13.0. The summed E-state index contributed by atoms with van der Waals surface area (Å²) < 4.78 is 1.87. The van der Waals surface area contributed by atoms with Crippen molar-refractivity contribution in [1.29, 1.82) is 5.26 Å². The van der Waals surface area contributed by atoms with Crippen molar-refractivity contribution in [1.82, 2.24) is 9.99 Å². The Morgan fingerprint density at radius 2 is 2.10 bits per heavy atom. The Morgan fingerprint density at radius 1 is 1.35 bits per heavy atom. The Kier molecular flexibility index (Phi) is 4.30. The molecule has 0 radical (unpaired) electrons. The van der Waals surface area contributed by atoms with Crippen molar-refractivity contribution in [2.75, 3.05) is 0 Å². The third-order valence-corrected chi connectivity index (χ3v) is 2.88. The average molecular weight is 266 g/mol. The summed E-state index contributed by atoms with van der Waals surface area (Å²) in [5.41, 5.74) is 3.91. The van der Waals surface area contributed by atoms with Crippen molar-refractivity contribution in [3.63, 3.8) is 0 Å². The van der Waals surface area contributed by atoms with E-state index in [2.05, 4.69) is 10.5 Å². The lowest BCUT2D eigenvalue weighted by Gasteiger charge is -2.07. The fourth-order valence-electron chi connectivity index (χ4n) is 1.77. The number of carbonyl (C=O) groups excluding carboxylic acids is 1. The molecule has 0 aliphatic rings. The molecule has 5 nitrogen and oxygen atoms in total. The molecule has 1 amide bonds. The molecular weight excluding hydrogens is 252 g/mol. The topological polar surface area (TPSA) is 70.2 Å². The van der Waals surface area contributed by atoms with Crippen LogP contribution >= 0.6 is 0 Å². The highest BCUT2D eigenvalue weighted by Crippen LogP contribution is 2.14. The standard InChI is InChI=1S/C15H14N4O/c1-19-9-5-8-13(19)11-17-18-15(20)14(10-16)12-6-3-2-4-7-12/h2-9,11,14H,1H3,(H,18,20)/b17-11-/t14-/m1/s1. The number of rotatable bonds is 4. The number of benzene rings is 1. The first-order valence-electron chi connectivity index (χ1n) is 6.11. The molecule has 0 saturated carbocycles. The van der Waals surface area contributed by atoms with Crippen LogP contribution in [0, 0.1) is 11.3 Å². The van der Waals surface area contributed by atoms with Crippen molar-refractivity contribution in [3.8, 4) is 6.07 Å². The van der Waals surface area contributed by atoms with E-state index in [1.165, 1.54) is 6.21 Å². The Labute approximate surface area is 117 Å². The fourth-order valence-corrected chi connectivity index (χ4v) is 1.77. The molecule has 1 heterocycles. The number of amides is 1. The minimum atomic E-state index is -0.859. The molecule has 100 valence electrons. The van der Waals surface area contributed by atoms with Crippen LogP contribution in [0.4, 0.5) is 0 Å². The van der Waals surface area contributed by atoms with Crippen LogP contribution in [0.25, 0.3) is 0 Å². The molecule has 1 N–H and O–H groups in total. The van der Waals surface area contributed by atoms with E-state index in [0.717, 1.165) is 5.69 Å². The van der Waals surface area contributed by atoms with Crippen molar-refractivity contribution in [3.05, 3.63) is 59.9 Å². The lowest BCUT2D eigenvalue weighted by Crippen LogP contribution is -2.24. The highest BCUT2D eigenvalue weighted by atomic mass is 16.2. The van der Waals surface area contributed by atoms with E-state index in [-0.39, 0.29) is 0 Å². The normalized spacial score (nSPS) is 12.0. The van der Waals surface area contributed by atoms with Gasteiger partial charge < -0.3 is 4.57 Å². The van der Waals surface area contributed by atoms with Gasteiger partial charge >= 0.3 is 0 Å². The zero-order valence-electron chi connectivity index (χ0n) is 11.0. The van der Waals surface area contributed by atoms with E-state index in [1.54, 1.807) is 24.3 Å². The lowest BCUT2D eigenvalue weighted by atomic mass is 10.0. The van der Waals surface area contributed by atoms with E-state index < -0.39 is 11.8 Å². The molecule has 1 atom stereocenters. The molecule has 1 aromatic carbocycles. The Morgan fingerprint density at radius 3 is 2.70 bits per heavy atom. The Balaban J connectivity index is 2.03. The predicted octanol–water partition coefficient (Wildman–Crippen LogP) is 1.78. The van der Waals surface area contributed by atoms with Crippen LogP contribution in [0.3, 0.4) is 0 Å². The van der Waals surface area contributed by atoms with Crippen LogP contribution in [0.1, 0.15) is 17.2 Å². The molecule has 0 fully saturated rings. The van der Waals surface area contributed by atoms with Crippen LogP contribution in [-0.2, 0) is 11.8 Å². The Bertz CT molecular complexity index is 652. The monoisotopic (exact) mass is 266 g/mol. The summed E-state index contributed by atoms with van der Waals surface area (Å²) in [6, 6.07) is 14.6. The number of aromatic nitrogens is 1. The van der Waals surface area contributed by atoms with Gasteiger partial charge in [-0.05, 0) is 17.7 Å². The molecular formula is C15H14N4O. The molecule has 2 aromatic rings. The first kappa shape index (κ1) is 13.6. The summed E-state index contributed by atoms with van der Waals surface area (Å²) in [7, 11) is 1.88. The maximum Gasteiger partial charge on any atom is 0.261 e. The second kappa shape index (κ2) is 6.34. The SMILES string of the molecule is Cn1cccc1/C=N\NC(=O)[C@H](C#N)c1ccccc1. The van der Waals surface area contributed by atoms with Crippen LogP contribution in [0.2, 0.25) is 0 Å². The van der Waals surface area contributed by atoms with E-state index >= 15 is 0 Å². The van der Waals surface area contributed by atoms with Gasteiger partial charge in [-0.1, -0.05) is 30.3 Å². The Hall–Kier alpha value is -2.87. The molecule has 5 heteroatoms. The predicted molar refractivity (Wildman–Crippen MR) is 75.9 cm³/mol. The number of nitriles is 1. The molecule has 0 bridgehead atoms. The van der Waals surface area contributed by atoms with Crippen LogP contribution < -0.4 is 5.43 Å². The second-order valence-corrected chi connectivity index (χ2v) is 4.25. The zero-order valence-corrected chi connectivity index (χ0v) is 11.0. The minimum absolute atomic E-state index is 0.441. The van der Waals surface area contributed by atoms with E-state index in [9.17, 15) is 4.79 Å². The summed E-state index contributed by atoms with van der Waals surface area (Å²) in [6.07, 6.45) is 3.42. The van der Waals surface area contributed by atoms with Crippen molar-refractivity contribution < 1.29 is 4.79 Å². The van der Waals surface area contributed by atoms with Gasteiger partial charge in [0, 0.05) is 13.2 Å². The molecule has 0 saturated heterocycles. The number of hydrazone groups is 1. The number of hydrogen-bond acceptors (Lipinski definition) is 3. The number of carbonyl (C=O) groups is 1. The third-order valence-electron chi connectivity index (χ3n) is 2.88. The summed E-state index contributed by atoms with van der Waals surface area (Å²) in [5.74, 6) is -1.30. The van der Waals surface area contributed by atoms with E-state index in [0.29, 0.717) is 5.56 Å². The van der Waals surface area contributed by atoms with E-state index in [1.807, 2.05) is 42.1 Å². The highest BCUT2D eigenvalue weighted by molar-refractivity contribution is 5.87. The molecule has 0 aliphatic carbocycles. The van der Waals surface area contributed by atoms with Gasteiger partial charge in [0.25, 0.3) is 5.91 Å². The fraction of sp³-hybridized carbons (Fsp3) is 0.133. The summed E-state index contributed by atoms with van der Waals surface area (Å²) in [6.45, 7) is 0. The average Bonchev–Trinajstić information content (AvgIpc) is 2.86. The first-order valence-corrected chi connectivity index (χ1v) is 6.11. The van der Waals surface area contributed by atoms with E-state index in [4.69, 9.17) is 5.26 Å². The first-order chi connectivity index (χ1) is 9.72. The minimum Gasteiger partial charge on any atom is -0.350 e. The van der Waals surface area contributed by atoms with Crippen molar-refractivity contribution in [2.45, 2.75) is 5.92 Å². The molecule has 0 aliphatic heterocycles. The van der Waals surface area contributed by atoms with Crippen molar-refractivity contribution in [2.24, 2.45) is 12.1 Å². The summed E-state index contributed by atoms with van der Waals surface area (Å²) in [4.78, 5) is 11.9. The van der Waals surface area contributed by atoms with Gasteiger partial charge in [-0.3, -0.25) is 4.79 Å². The maximum atomic E-state index is 11.9. The summed E-state index contributed by atoms with van der Waals surface area (Å²) >= 11 is 0. The number of hydrogen-bond donors (Lipinski definition) is 1. The van der Waals surface area contributed by atoms with Gasteiger partial charge in [-0.15, -0.1) is 0 Å². The largest absolute Gasteiger partial charge is 0.350 e. The van der Waals surface area contributed by atoms with Crippen LogP contribution in [-0.4, -0.2) is 16.7 Å². The molecule has 0 unspecified atom stereocenters. The molecule has 20 heavy (non-hydrogen) atoms. The molecule has 2 rings (SSSR count). The molecule has 1 aromatic heterocycles. The number of aryl methyl sites for hydroxylation is 1. The lowest BCUT2D eigenvalue weighted by molar-refractivity contribution is -0.121. The third kappa shape index (κ3) is 3.12. The van der Waals surface area contributed by atoms with Gasteiger partial charge in [0.05, 0.1) is 18.0 Å². The second-order valence-electron chi connectivity index (χ2n) is 4.25. The van der Waals surface area contributed by atoms with Gasteiger partial charge in [0.1, 0.15) is 0 Å². The van der Waals surface area contributed by atoms with Crippen LogP contribution in [0.15, 0.2) is 53.8 Å². The number of nitrogens with one attached hydrogen (secondary N) is 1. The van der Waals surface area contributed by atoms with Crippen LogP contribution in [0.5, 0.6) is 0 Å². The van der Waals surface area contributed by atoms with Gasteiger partial charge in [-0.25, -0.2) is 5.43 Å². The van der Waals surface area contributed by atoms with Gasteiger partial charge in [-0.2, -0.15) is 10.4 Å². The molecule has 0 spiro atoms. The number of nitrogens with zero attached hydrogens (tertiary/aromatic N) is 3. The van der Waals surface area contributed by atoms with Gasteiger partial charge in [0.15, 0.2) is 5.92 Å². The van der Waals surface area contributed by atoms with Crippen molar-refractivity contribution >= 4 is 12.1 Å².